The first-order valence-corrected chi connectivity index (χ1v) is 33.6. The van der Waals surface area contributed by atoms with E-state index in [9.17, 15) is 14.4 Å². The molecule has 0 heterocycles. The van der Waals surface area contributed by atoms with Gasteiger partial charge >= 0.3 is 17.9 Å². The number of hydrogen-bond donors (Lipinski definition) is 0. The Morgan fingerprint density at radius 1 is 0.253 bits per heavy atom. The van der Waals surface area contributed by atoms with Gasteiger partial charge in [0.1, 0.15) is 13.2 Å². The van der Waals surface area contributed by atoms with Crippen LogP contribution in [0.4, 0.5) is 0 Å². The minimum absolute atomic E-state index is 0.127. The van der Waals surface area contributed by atoms with Crippen molar-refractivity contribution in [2.45, 2.75) is 284 Å². The van der Waals surface area contributed by atoms with Crippen LogP contribution in [-0.2, 0) is 28.6 Å². The standard InChI is InChI=1S/C77H122O6/c1-4-7-10-13-16-19-22-25-28-31-33-35-36-37-38-39-40-42-43-46-49-52-55-58-61-64-67-70-76(79)82-73-74(72-81-75(78)69-66-63-60-57-54-51-48-45-30-27-24-21-18-15-12-9-6-3)83-77(80)71-68-65-62-59-56-53-50-47-44-41-34-32-29-26-23-20-17-14-11-8-5-2/h7,9-10,12,16,18-19,21,25,27-28,30,32-35,37-38,40,42,46,48-49,51,55,57-58,60,74H,4-6,8,11,13-15,17,20,22-24,26,29,31,36,39,41,43-45,47,50,52-54,56,59,61-73H2,1-3H3/b10-7-,12-9-,19-16-,21-18-,28-25-,30-27-,34-32-,35-33-,38-37-,42-40-,49-46-,51-48-,58-55-,60-57-. The van der Waals surface area contributed by atoms with Gasteiger partial charge in [0.2, 0.25) is 0 Å². The molecule has 0 aromatic carbocycles. The summed E-state index contributed by atoms with van der Waals surface area (Å²) < 4.78 is 16.9. The van der Waals surface area contributed by atoms with Crippen molar-refractivity contribution in [3.05, 3.63) is 170 Å². The van der Waals surface area contributed by atoms with Gasteiger partial charge in [-0.1, -0.05) is 281 Å². The van der Waals surface area contributed by atoms with E-state index in [4.69, 9.17) is 14.2 Å². The van der Waals surface area contributed by atoms with Crippen LogP contribution >= 0.6 is 0 Å². The van der Waals surface area contributed by atoms with Crippen molar-refractivity contribution >= 4 is 17.9 Å². The summed E-state index contributed by atoms with van der Waals surface area (Å²) in [5.74, 6) is -1.03. The molecule has 6 heteroatoms. The fraction of sp³-hybridized carbons (Fsp3) is 0.597. The maximum Gasteiger partial charge on any atom is 0.306 e. The number of rotatable bonds is 59. The van der Waals surface area contributed by atoms with Gasteiger partial charge in [-0.15, -0.1) is 0 Å². The summed E-state index contributed by atoms with van der Waals surface area (Å²) in [6.07, 6.45) is 102. The van der Waals surface area contributed by atoms with E-state index in [0.29, 0.717) is 19.3 Å². The first-order valence-electron chi connectivity index (χ1n) is 33.6. The highest BCUT2D eigenvalue weighted by Crippen LogP contribution is 2.15. The molecule has 0 rings (SSSR count). The van der Waals surface area contributed by atoms with E-state index in [0.717, 1.165) is 122 Å². The van der Waals surface area contributed by atoms with Crippen LogP contribution in [0.3, 0.4) is 0 Å². The summed E-state index contributed by atoms with van der Waals surface area (Å²) >= 11 is 0. The SMILES string of the molecule is CC/C=C\C/C=C\C/C=C\C/C=C\C/C=C\C/C=C\C/C=C\C/C=C\CCCCC(=O)OCC(COC(=O)CCC/C=C\C/C=C\C/C=C\C/C=C\C/C=C\CC)OC(=O)CCCCCCCCCCC/C=C\CCCCCCCCCC. The first-order chi connectivity index (χ1) is 41.0. The Balaban J connectivity index is 4.54. The Morgan fingerprint density at radius 2 is 0.482 bits per heavy atom. The van der Waals surface area contributed by atoms with Crippen molar-refractivity contribution in [3.63, 3.8) is 0 Å². The van der Waals surface area contributed by atoms with Crippen molar-refractivity contribution in [2.24, 2.45) is 0 Å². The van der Waals surface area contributed by atoms with E-state index >= 15 is 0 Å². The van der Waals surface area contributed by atoms with E-state index in [1.807, 2.05) is 0 Å². The second-order valence-corrected chi connectivity index (χ2v) is 21.6. The van der Waals surface area contributed by atoms with E-state index in [1.54, 1.807) is 0 Å². The molecule has 0 aliphatic heterocycles. The molecule has 0 bridgehead atoms. The average molecular weight is 1140 g/mol. The van der Waals surface area contributed by atoms with Crippen LogP contribution in [0.1, 0.15) is 278 Å². The molecule has 0 aliphatic rings. The average Bonchev–Trinajstić information content (AvgIpc) is 3.49. The number of carbonyl (C=O) groups excluding carboxylic acids is 3. The lowest BCUT2D eigenvalue weighted by atomic mass is 10.1. The molecule has 0 N–H and O–H groups in total. The van der Waals surface area contributed by atoms with Gasteiger partial charge in [-0.25, -0.2) is 0 Å². The van der Waals surface area contributed by atoms with Crippen molar-refractivity contribution in [3.8, 4) is 0 Å². The summed E-state index contributed by atoms with van der Waals surface area (Å²) in [7, 11) is 0. The van der Waals surface area contributed by atoms with Crippen LogP contribution in [0.15, 0.2) is 170 Å². The van der Waals surface area contributed by atoms with Gasteiger partial charge in [0.25, 0.3) is 0 Å². The van der Waals surface area contributed by atoms with Gasteiger partial charge in [0, 0.05) is 19.3 Å². The lowest BCUT2D eigenvalue weighted by Gasteiger charge is -2.18. The molecule has 1 unspecified atom stereocenters. The molecule has 6 nitrogen and oxygen atoms in total. The minimum Gasteiger partial charge on any atom is -0.462 e. The Hall–Kier alpha value is -5.23. The Kier molecular flexibility index (Phi) is 64.9. The summed E-state index contributed by atoms with van der Waals surface area (Å²) in [5.41, 5.74) is 0. The molecule has 0 radical (unpaired) electrons. The molecule has 0 aliphatic carbocycles. The molecule has 0 spiro atoms. The maximum absolute atomic E-state index is 12.9. The van der Waals surface area contributed by atoms with Crippen molar-refractivity contribution in [2.75, 3.05) is 13.2 Å². The molecular weight excluding hydrogens is 1020 g/mol. The van der Waals surface area contributed by atoms with Crippen LogP contribution in [0.25, 0.3) is 0 Å². The Morgan fingerprint density at radius 3 is 0.819 bits per heavy atom. The zero-order valence-corrected chi connectivity index (χ0v) is 53.4. The van der Waals surface area contributed by atoms with E-state index in [-0.39, 0.29) is 44.0 Å². The number of unbranched alkanes of at least 4 members (excludes halogenated alkanes) is 20. The molecule has 0 fully saturated rings. The highest BCUT2D eigenvalue weighted by molar-refractivity contribution is 5.71. The lowest BCUT2D eigenvalue weighted by Crippen LogP contribution is -2.30. The highest BCUT2D eigenvalue weighted by atomic mass is 16.6. The Labute approximate surface area is 511 Å². The summed E-state index contributed by atoms with van der Waals surface area (Å²) in [4.78, 5) is 38.4. The molecular formula is C77H122O6. The summed E-state index contributed by atoms with van der Waals surface area (Å²) in [5, 5.41) is 0. The van der Waals surface area contributed by atoms with Gasteiger partial charge in [-0.2, -0.15) is 0 Å². The second kappa shape index (κ2) is 69.3. The molecule has 0 amide bonds. The van der Waals surface area contributed by atoms with Gasteiger partial charge in [0.05, 0.1) is 0 Å². The molecule has 0 saturated heterocycles. The van der Waals surface area contributed by atoms with E-state index in [1.165, 1.54) is 103 Å². The van der Waals surface area contributed by atoms with Crippen LogP contribution in [0.5, 0.6) is 0 Å². The summed E-state index contributed by atoms with van der Waals surface area (Å²) in [6, 6.07) is 0. The highest BCUT2D eigenvalue weighted by Gasteiger charge is 2.19. The predicted molar refractivity (Wildman–Crippen MR) is 361 cm³/mol. The van der Waals surface area contributed by atoms with Crippen LogP contribution in [0.2, 0.25) is 0 Å². The zero-order chi connectivity index (χ0) is 59.9. The van der Waals surface area contributed by atoms with Gasteiger partial charge in [-0.3, -0.25) is 14.4 Å². The van der Waals surface area contributed by atoms with E-state index < -0.39 is 6.10 Å². The fourth-order valence-corrected chi connectivity index (χ4v) is 8.72. The smallest absolute Gasteiger partial charge is 0.306 e. The fourth-order valence-electron chi connectivity index (χ4n) is 8.72. The van der Waals surface area contributed by atoms with Crippen molar-refractivity contribution in [1.29, 1.82) is 0 Å². The third-order valence-electron chi connectivity index (χ3n) is 13.7. The second-order valence-electron chi connectivity index (χ2n) is 21.6. The quantitative estimate of drug-likeness (QED) is 0.0261. The largest absolute Gasteiger partial charge is 0.462 e. The number of hydrogen-bond acceptors (Lipinski definition) is 6. The molecule has 1 atom stereocenters. The number of ether oxygens (including phenoxy) is 3. The zero-order valence-electron chi connectivity index (χ0n) is 53.4. The molecule has 0 aromatic heterocycles. The third kappa shape index (κ3) is 67.4. The number of esters is 3. The normalized spacial score (nSPS) is 13.2. The monoisotopic (exact) mass is 1140 g/mol. The van der Waals surface area contributed by atoms with Crippen LogP contribution in [0, 0.1) is 0 Å². The van der Waals surface area contributed by atoms with E-state index in [2.05, 4.69) is 191 Å². The molecule has 0 saturated carbocycles. The topological polar surface area (TPSA) is 78.9 Å². The Bertz CT molecular complexity index is 1890. The first kappa shape index (κ1) is 77.8. The maximum atomic E-state index is 12.9. The lowest BCUT2D eigenvalue weighted by molar-refractivity contribution is -0.167. The number of carbonyl (C=O) groups is 3. The van der Waals surface area contributed by atoms with Crippen molar-refractivity contribution < 1.29 is 28.6 Å². The number of allylic oxidation sites excluding steroid dienone is 28. The molecule has 83 heavy (non-hydrogen) atoms. The summed E-state index contributed by atoms with van der Waals surface area (Å²) in [6.45, 7) is 6.33. The minimum atomic E-state index is -0.831. The van der Waals surface area contributed by atoms with Gasteiger partial charge in [0.15, 0.2) is 6.10 Å². The van der Waals surface area contributed by atoms with Gasteiger partial charge in [-0.05, 0) is 148 Å². The predicted octanol–water partition coefficient (Wildman–Crippen LogP) is 23.4. The van der Waals surface area contributed by atoms with Gasteiger partial charge < -0.3 is 14.2 Å². The van der Waals surface area contributed by atoms with Crippen LogP contribution in [-0.4, -0.2) is 37.2 Å². The third-order valence-corrected chi connectivity index (χ3v) is 13.7. The van der Waals surface area contributed by atoms with Crippen molar-refractivity contribution in [1.82, 2.24) is 0 Å². The van der Waals surface area contributed by atoms with Crippen LogP contribution < -0.4 is 0 Å². The molecule has 466 valence electrons. The molecule has 0 aromatic rings.